The van der Waals surface area contributed by atoms with Crippen LogP contribution in [0.25, 0.3) is 10.2 Å². The molecule has 0 fully saturated rings. The van der Waals surface area contributed by atoms with Gasteiger partial charge in [0.15, 0.2) is 0 Å². The normalized spacial score (nSPS) is 12.6. The molecule has 1 N–H and O–H groups in total. The van der Waals surface area contributed by atoms with E-state index in [0.717, 1.165) is 16.2 Å². The van der Waals surface area contributed by atoms with Gasteiger partial charge < -0.3 is 5.32 Å². The highest BCUT2D eigenvalue weighted by atomic mass is 35.5. The molecule has 1 aromatic heterocycles. The molecule has 0 aliphatic carbocycles. The van der Waals surface area contributed by atoms with Gasteiger partial charge in [0, 0.05) is 0 Å². The fraction of sp³-hybridized carbons (Fsp3) is 0.133. The molecule has 2 nitrogen and oxygen atoms in total. The zero-order valence-corrected chi connectivity index (χ0v) is 13.1. The van der Waals surface area contributed by atoms with Crippen LogP contribution in [0, 0.1) is 0 Å². The Morgan fingerprint density at radius 2 is 1.75 bits per heavy atom. The number of hydrogen-bond acceptors (Lipinski definition) is 3. The maximum absolute atomic E-state index is 6.18. The zero-order chi connectivity index (χ0) is 14.1. The summed E-state index contributed by atoms with van der Waals surface area (Å²) in [5.41, 5.74) is 1.77. The van der Waals surface area contributed by atoms with Crippen LogP contribution >= 0.6 is 34.5 Å². The van der Waals surface area contributed by atoms with Gasteiger partial charge in [0.25, 0.3) is 0 Å². The second-order valence-electron chi connectivity index (χ2n) is 4.48. The fourth-order valence-electron chi connectivity index (χ4n) is 1.99. The van der Waals surface area contributed by atoms with Crippen LogP contribution in [0.5, 0.6) is 0 Å². The summed E-state index contributed by atoms with van der Waals surface area (Å²) in [6.07, 6.45) is 0. The zero-order valence-electron chi connectivity index (χ0n) is 10.7. The van der Waals surface area contributed by atoms with Crippen LogP contribution in [0.4, 0.5) is 5.69 Å². The van der Waals surface area contributed by atoms with Crippen molar-refractivity contribution < 1.29 is 0 Å². The van der Waals surface area contributed by atoms with E-state index < -0.39 is 0 Å². The topological polar surface area (TPSA) is 24.9 Å². The van der Waals surface area contributed by atoms with Crippen molar-refractivity contribution in [3.05, 3.63) is 57.5 Å². The van der Waals surface area contributed by atoms with E-state index in [1.54, 1.807) is 11.3 Å². The minimum atomic E-state index is 0.0461. The van der Waals surface area contributed by atoms with Gasteiger partial charge in [-0.15, -0.1) is 11.3 Å². The molecule has 0 saturated carbocycles. The smallest absolute Gasteiger partial charge is 0.116 e. The molecular formula is C15H12Cl2N2S. The Labute approximate surface area is 131 Å². The lowest BCUT2D eigenvalue weighted by atomic mass is 10.2. The van der Waals surface area contributed by atoms with Gasteiger partial charge >= 0.3 is 0 Å². The number of fused-ring (bicyclic) bond motifs is 1. The predicted molar refractivity (Wildman–Crippen MR) is 88.1 cm³/mol. The maximum Gasteiger partial charge on any atom is 0.116 e. The Morgan fingerprint density at radius 1 is 1.05 bits per heavy atom. The van der Waals surface area contributed by atoms with E-state index in [4.69, 9.17) is 23.2 Å². The molecule has 0 bridgehead atoms. The first-order valence-corrected chi connectivity index (χ1v) is 7.78. The highest BCUT2D eigenvalue weighted by molar-refractivity contribution is 7.18. The third-order valence-electron chi connectivity index (χ3n) is 3.00. The summed E-state index contributed by atoms with van der Waals surface area (Å²) in [5.74, 6) is 0. The molecule has 0 amide bonds. The number of aromatic nitrogens is 1. The monoisotopic (exact) mass is 322 g/mol. The lowest BCUT2D eigenvalue weighted by molar-refractivity contribution is 0.874. The molecule has 102 valence electrons. The molecule has 3 aromatic rings. The number of para-hydroxylation sites is 2. The van der Waals surface area contributed by atoms with Gasteiger partial charge in [-0.2, -0.15) is 0 Å². The standard InChI is InChI=1S/C15H12Cl2N2S/c1-9(18-14-10(16)5-4-6-11(14)17)15-19-12-7-2-3-8-13(12)20-15/h2-9,18H,1H3. The van der Waals surface area contributed by atoms with Gasteiger partial charge in [0.1, 0.15) is 5.01 Å². The summed E-state index contributed by atoms with van der Waals surface area (Å²) >= 11 is 14.0. The van der Waals surface area contributed by atoms with Crippen LogP contribution in [-0.2, 0) is 0 Å². The molecule has 0 radical (unpaired) electrons. The number of benzene rings is 2. The average Bonchev–Trinajstić information content (AvgIpc) is 2.87. The lowest BCUT2D eigenvalue weighted by Crippen LogP contribution is -2.07. The molecule has 0 aliphatic rings. The molecule has 0 spiro atoms. The fourth-order valence-corrected chi connectivity index (χ4v) is 3.47. The van der Waals surface area contributed by atoms with Crippen LogP contribution < -0.4 is 5.32 Å². The molecule has 1 heterocycles. The van der Waals surface area contributed by atoms with E-state index >= 15 is 0 Å². The average molecular weight is 323 g/mol. The molecular weight excluding hydrogens is 311 g/mol. The third-order valence-corrected chi connectivity index (χ3v) is 4.85. The van der Waals surface area contributed by atoms with Crippen LogP contribution in [-0.4, -0.2) is 4.98 Å². The second kappa shape index (κ2) is 5.60. The van der Waals surface area contributed by atoms with E-state index in [1.807, 2.05) is 36.4 Å². The number of nitrogens with zero attached hydrogens (tertiary/aromatic N) is 1. The number of thiazole rings is 1. The van der Waals surface area contributed by atoms with Gasteiger partial charge in [-0.1, -0.05) is 41.4 Å². The first kappa shape index (κ1) is 13.7. The number of rotatable bonds is 3. The van der Waals surface area contributed by atoms with Gasteiger partial charge in [-0.05, 0) is 31.2 Å². The van der Waals surface area contributed by atoms with E-state index in [0.29, 0.717) is 10.0 Å². The van der Waals surface area contributed by atoms with E-state index in [9.17, 15) is 0 Å². The summed E-state index contributed by atoms with van der Waals surface area (Å²) < 4.78 is 1.18. The van der Waals surface area contributed by atoms with E-state index in [2.05, 4.69) is 23.3 Å². The van der Waals surface area contributed by atoms with Crippen molar-refractivity contribution in [3.8, 4) is 0 Å². The van der Waals surface area contributed by atoms with Gasteiger partial charge in [0.05, 0.1) is 32.0 Å². The minimum absolute atomic E-state index is 0.0461. The van der Waals surface area contributed by atoms with Crippen molar-refractivity contribution in [3.63, 3.8) is 0 Å². The van der Waals surface area contributed by atoms with Crippen LogP contribution in [0.2, 0.25) is 10.0 Å². The number of halogens is 2. The summed E-state index contributed by atoms with van der Waals surface area (Å²) in [6.45, 7) is 2.05. The van der Waals surface area contributed by atoms with Gasteiger partial charge in [-0.3, -0.25) is 0 Å². The van der Waals surface area contributed by atoms with Crippen molar-refractivity contribution in [2.75, 3.05) is 5.32 Å². The Morgan fingerprint density at radius 3 is 2.45 bits per heavy atom. The number of hydrogen-bond donors (Lipinski definition) is 1. The van der Waals surface area contributed by atoms with E-state index in [-0.39, 0.29) is 6.04 Å². The largest absolute Gasteiger partial charge is 0.374 e. The highest BCUT2D eigenvalue weighted by Gasteiger charge is 2.14. The molecule has 1 atom stereocenters. The molecule has 20 heavy (non-hydrogen) atoms. The molecule has 1 unspecified atom stereocenters. The molecule has 5 heteroatoms. The quantitative estimate of drug-likeness (QED) is 0.661. The van der Waals surface area contributed by atoms with E-state index in [1.165, 1.54) is 4.70 Å². The summed E-state index contributed by atoms with van der Waals surface area (Å²) in [4.78, 5) is 4.64. The Kier molecular flexibility index (Phi) is 3.83. The minimum Gasteiger partial charge on any atom is -0.374 e. The Hall–Kier alpha value is -1.29. The number of anilines is 1. The van der Waals surface area contributed by atoms with Crippen molar-refractivity contribution in [1.29, 1.82) is 0 Å². The first-order chi connectivity index (χ1) is 9.65. The SMILES string of the molecule is CC(Nc1c(Cl)cccc1Cl)c1nc2ccccc2s1. The van der Waals surface area contributed by atoms with Gasteiger partial charge in [-0.25, -0.2) is 4.98 Å². The highest BCUT2D eigenvalue weighted by Crippen LogP contribution is 2.34. The third kappa shape index (κ3) is 2.62. The maximum atomic E-state index is 6.18. The van der Waals surface area contributed by atoms with Crippen LogP contribution in [0.15, 0.2) is 42.5 Å². The molecule has 0 aliphatic heterocycles. The van der Waals surface area contributed by atoms with Crippen molar-refractivity contribution in [2.24, 2.45) is 0 Å². The van der Waals surface area contributed by atoms with Crippen molar-refractivity contribution in [2.45, 2.75) is 13.0 Å². The predicted octanol–water partition coefficient (Wildman–Crippen LogP) is 5.78. The van der Waals surface area contributed by atoms with Crippen molar-refractivity contribution >= 4 is 50.4 Å². The summed E-state index contributed by atoms with van der Waals surface area (Å²) in [6, 6.07) is 13.6. The Balaban J connectivity index is 1.91. The number of nitrogens with one attached hydrogen (secondary N) is 1. The van der Waals surface area contributed by atoms with Crippen LogP contribution in [0.1, 0.15) is 18.0 Å². The van der Waals surface area contributed by atoms with Gasteiger partial charge in [0.2, 0.25) is 0 Å². The second-order valence-corrected chi connectivity index (χ2v) is 6.36. The summed E-state index contributed by atoms with van der Waals surface area (Å²) in [7, 11) is 0. The molecule has 3 rings (SSSR count). The molecule has 0 saturated heterocycles. The molecule has 2 aromatic carbocycles. The van der Waals surface area contributed by atoms with Crippen LogP contribution in [0.3, 0.4) is 0 Å². The summed E-state index contributed by atoms with van der Waals surface area (Å²) in [5, 5.41) is 5.59. The van der Waals surface area contributed by atoms with Crippen molar-refractivity contribution in [1.82, 2.24) is 4.98 Å². The first-order valence-electron chi connectivity index (χ1n) is 6.21. The Bertz CT molecular complexity index is 701. The lowest BCUT2D eigenvalue weighted by Gasteiger charge is -2.15.